The Kier molecular flexibility index (Phi) is 5.53. The van der Waals surface area contributed by atoms with E-state index >= 15 is 0 Å². The zero-order chi connectivity index (χ0) is 18.6. The van der Waals surface area contributed by atoms with E-state index < -0.39 is 0 Å². The minimum Gasteiger partial charge on any atom is -0.494 e. The molecule has 0 amide bonds. The Bertz CT molecular complexity index is 722. The molecule has 0 bridgehead atoms. The van der Waals surface area contributed by atoms with Crippen LogP contribution in [0.25, 0.3) is 0 Å². The summed E-state index contributed by atoms with van der Waals surface area (Å²) in [4.78, 5) is 9.28. The molecule has 6 nitrogen and oxygen atoms in total. The number of aromatic nitrogens is 2. The minimum absolute atomic E-state index is 0.297. The van der Waals surface area contributed by atoms with E-state index in [1.165, 1.54) is 0 Å². The number of anilines is 1. The molecule has 1 saturated heterocycles. The summed E-state index contributed by atoms with van der Waals surface area (Å²) in [5, 5.41) is 20.8. The molecule has 27 heavy (non-hydrogen) atoms. The van der Waals surface area contributed by atoms with Crippen molar-refractivity contribution in [3.05, 3.63) is 35.5 Å². The molecule has 2 aliphatic rings. The first-order valence-electron chi connectivity index (χ1n) is 10.2. The van der Waals surface area contributed by atoms with Crippen molar-refractivity contribution in [3.8, 4) is 11.8 Å². The third-order valence-corrected chi connectivity index (χ3v) is 5.97. The molecule has 3 heterocycles. The van der Waals surface area contributed by atoms with Crippen LogP contribution in [0.1, 0.15) is 36.8 Å². The SMILES string of the molecule is Oc1c2c(c(O)n1CCCCN1CCN(c3ccccn3)CC1)CCCC2. The lowest BCUT2D eigenvalue weighted by atomic mass is 9.95. The molecule has 2 aromatic rings. The smallest absolute Gasteiger partial charge is 0.197 e. The molecule has 0 aromatic carbocycles. The summed E-state index contributed by atoms with van der Waals surface area (Å²) in [5.74, 6) is 1.66. The second-order valence-electron chi connectivity index (χ2n) is 7.69. The standard InChI is InChI=1S/C21H30N4O2/c26-20-17-7-1-2-8-18(17)21(27)25(20)12-6-5-11-23-13-15-24(16-14-23)19-9-3-4-10-22-19/h3-4,9-10,26-27H,1-2,5-8,11-16H2. The summed E-state index contributed by atoms with van der Waals surface area (Å²) in [6, 6.07) is 6.07. The van der Waals surface area contributed by atoms with E-state index in [4.69, 9.17) is 0 Å². The van der Waals surface area contributed by atoms with Gasteiger partial charge >= 0.3 is 0 Å². The predicted molar refractivity (Wildman–Crippen MR) is 107 cm³/mol. The summed E-state index contributed by atoms with van der Waals surface area (Å²) in [6.45, 7) is 5.92. The van der Waals surface area contributed by atoms with Crippen molar-refractivity contribution in [3.63, 3.8) is 0 Å². The van der Waals surface area contributed by atoms with Gasteiger partial charge in [0.05, 0.1) is 0 Å². The van der Waals surface area contributed by atoms with Crippen LogP contribution in [-0.4, -0.2) is 57.4 Å². The van der Waals surface area contributed by atoms with Crippen LogP contribution < -0.4 is 4.90 Å². The number of nitrogens with zero attached hydrogens (tertiary/aromatic N) is 4. The van der Waals surface area contributed by atoms with Gasteiger partial charge < -0.3 is 15.1 Å². The molecule has 0 unspecified atom stereocenters. The molecular weight excluding hydrogens is 340 g/mol. The van der Waals surface area contributed by atoms with Crippen molar-refractivity contribution in [2.24, 2.45) is 0 Å². The van der Waals surface area contributed by atoms with Crippen molar-refractivity contribution >= 4 is 5.82 Å². The first-order chi connectivity index (χ1) is 13.2. The highest BCUT2D eigenvalue weighted by Crippen LogP contribution is 2.38. The second kappa shape index (κ2) is 8.21. The van der Waals surface area contributed by atoms with Gasteiger partial charge in [-0.3, -0.25) is 9.47 Å². The monoisotopic (exact) mass is 370 g/mol. The summed E-state index contributed by atoms with van der Waals surface area (Å²) in [7, 11) is 0. The fourth-order valence-corrected chi connectivity index (χ4v) is 4.38. The van der Waals surface area contributed by atoms with Gasteiger partial charge in [0.25, 0.3) is 0 Å². The third-order valence-electron chi connectivity index (χ3n) is 5.97. The van der Waals surface area contributed by atoms with Crippen molar-refractivity contribution in [1.29, 1.82) is 0 Å². The maximum atomic E-state index is 10.4. The highest BCUT2D eigenvalue weighted by molar-refractivity contribution is 5.46. The van der Waals surface area contributed by atoms with Crippen molar-refractivity contribution in [1.82, 2.24) is 14.5 Å². The molecule has 6 heteroatoms. The lowest BCUT2D eigenvalue weighted by Crippen LogP contribution is -2.46. The third kappa shape index (κ3) is 3.90. The number of fused-ring (bicyclic) bond motifs is 1. The zero-order valence-electron chi connectivity index (χ0n) is 16.0. The number of pyridine rings is 1. The molecule has 0 radical (unpaired) electrons. The topological polar surface area (TPSA) is 64.8 Å². The van der Waals surface area contributed by atoms with E-state index in [2.05, 4.69) is 20.9 Å². The fourth-order valence-electron chi connectivity index (χ4n) is 4.38. The molecule has 0 atom stereocenters. The summed E-state index contributed by atoms with van der Waals surface area (Å²) in [5.41, 5.74) is 1.95. The van der Waals surface area contributed by atoms with E-state index in [-0.39, 0.29) is 0 Å². The van der Waals surface area contributed by atoms with Gasteiger partial charge in [-0.25, -0.2) is 4.98 Å². The van der Waals surface area contributed by atoms with Crippen LogP contribution in [0, 0.1) is 0 Å². The Balaban J connectivity index is 1.22. The maximum absolute atomic E-state index is 10.4. The Morgan fingerprint density at radius 3 is 2.15 bits per heavy atom. The highest BCUT2D eigenvalue weighted by Gasteiger charge is 2.24. The molecule has 1 aliphatic heterocycles. The number of piperazine rings is 1. The van der Waals surface area contributed by atoms with Crippen LogP contribution in [0.3, 0.4) is 0 Å². The van der Waals surface area contributed by atoms with Gasteiger partial charge in [-0.05, 0) is 57.2 Å². The van der Waals surface area contributed by atoms with Crippen LogP contribution in [-0.2, 0) is 19.4 Å². The quantitative estimate of drug-likeness (QED) is 0.766. The Labute approximate surface area is 161 Å². The molecule has 1 fully saturated rings. The van der Waals surface area contributed by atoms with Gasteiger partial charge in [0.1, 0.15) is 5.82 Å². The Morgan fingerprint density at radius 2 is 1.52 bits per heavy atom. The molecule has 0 spiro atoms. The number of unbranched alkanes of at least 4 members (excludes halogenated alkanes) is 1. The molecule has 0 saturated carbocycles. The first-order valence-corrected chi connectivity index (χ1v) is 10.2. The van der Waals surface area contributed by atoms with E-state index in [1.807, 2.05) is 18.3 Å². The largest absolute Gasteiger partial charge is 0.494 e. The maximum Gasteiger partial charge on any atom is 0.197 e. The van der Waals surface area contributed by atoms with E-state index in [0.29, 0.717) is 18.3 Å². The minimum atomic E-state index is 0.297. The molecule has 146 valence electrons. The summed E-state index contributed by atoms with van der Waals surface area (Å²) >= 11 is 0. The van der Waals surface area contributed by atoms with Gasteiger partial charge in [-0.2, -0.15) is 0 Å². The van der Waals surface area contributed by atoms with Gasteiger partial charge in [0, 0.05) is 50.0 Å². The number of hydrogen-bond donors (Lipinski definition) is 2. The normalized spacial score (nSPS) is 17.9. The van der Waals surface area contributed by atoms with Crippen molar-refractivity contribution in [2.75, 3.05) is 37.6 Å². The van der Waals surface area contributed by atoms with Crippen LogP contribution in [0.4, 0.5) is 5.82 Å². The number of rotatable bonds is 6. The lowest BCUT2D eigenvalue weighted by Gasteiger charge is -2.35. The van der Waals surface area contributed by atoms with Crippen LogP contribution >= 0.6 is 0 Å². The van der Waals surface area contributed by atoms with E-state index in [0.717, 1.165) is 88.2 Å². The summed E-state index contributed by atoms with van der Waals surface area (Å²) in [6.07, 6.45) is 7.89. The average Bonchev–Trinajstić information content (AvgIpc) is 2.97. The Hall–Kier alpha value is -2.21. The molecule has 1 aliphatic carbocycles. The lowest BCUT2D eigenvalue weighted by molar-refractivity contribution is 0.249. The first kappa shape index (κ1) is 18.2. The molecule has 2 aromatic heterocycles. The summed E-state index contributed by atoms with van der Waals surface area (Å²) < 4.78 is 1.72. The predicted octanol–water partition coefficient (Wildman–Crippen LogP) is 2.78. The van der Waals surface area contributed by atoms with Crippen LogP contribution in [0.15, 0.2) is 24.4 Å². The van der Waals surface area contributed by atoms with Crippen molar-refractivity contribution in [2.45, 2.75) is 45.1 Å². The number of hydrogen-bond acceptors (Lipinski definition) is 5. The molecule has 4 rings (SSSR count). The van der Waals surface area contributed by atoms with Crippen molar-refractivity contribution < 1.29 is 10.2 Å². The second-order valence-corrected chi connectivity index (χ2v) is 7.69. The highest BCUT2D eigenvalue weighted by atomic mass is 16.3. The fraction of sp³-hybridized carbons (Fsp3) is 0.571. The van der Waals surface area contributed by atoms with E-state index in [1.54, 1.807) is 4.57 Å². The van der Waals surface area contributed by atoms with Gasteiger partial charge in [-0.1, -0.05) is 6.07 Å². The van der Waals surface area contributed by atoms with E-state index in [9.17, 15) is 10.2 Å². The van der Waals surface area contributed by atoms with Gasteiger partial charge in [0.2, 0.25) is 0 Å². The van der Waals surface area contributed by atoms with Gasteiger partial charge in [0.15, 0.2) is 11.8 Å². The van der Waals surface area contributed by atoms with Crippen LogP contribution in [0.5, 0.6) is 11.8 Å². The number of aromatic hydroxyl groups is 2. The van der Waals surface area contributed by atoms with Crippen LogP contribution in [0.2, 0.25) is 0 Å². The average molecular weight is 370 g/mol. The Morgan fingerprint density at radius 1 is 0.852 bits per heavy atom. The molecule has 2 N–H and O–H groups in total. The zero-order valence-corrected chi connectivity index (χ0v) is 16.0. The van der Waals surface area contributed by atoms with Gasteiger partial charge in [-0.15, -0.1) is 0 Å². The molecular formula is C21H30N4O2.